The molecule has 0 aromatic heterocycles. The van der Waals surface area contributed by atoms with Gasteiger partial charge in [-0.2, -0.15) is 0 Å². The molecule has 1 saturated heterocycles. The van der Waals surface area contributed by atoms with E-state index in [0.29, 0.717) is 30.8 Å². The van der Waals surface area contributed by atoms with E-state index in [0.717, 1.165) is 25.9 Å². The van der Waals surface area contributed by atoms with Crippen molar-refractivity contribution >= 4 is 5.91 Å². The van der Waals surface area contributed by atoms with E-state index >= 15 is 0 Å². The Hall–Kier alpha value is -0.610. The van der Waals surface area contributed by atoms with E-state index in [1.165, 1.54) is 0 Å². The second-order valence-corrected chi connectivity index (χ2v) is 6.18. The molecule has 0 aromatic rings. The van der Waals surface area contributed by atoms with Crippen LogP contribution < -0.4 is 5.73 Å². The molecule has 4 nitrogen and oxygen atoms in total. The highest BCUT2D eigenvalue weighted by molar-refractivity contribution is 5.76. The summed E-state index contributed by atoms with van der Waals surface area (Å²) in [4.78, 5) is 16.4. The summed E-state index contributed by atoms with van der Waals surface area (Å²) in [7, 11) is 4.17. The summed E-state index contributed by atoms with van der Waals surface area (Å²) in [6, 6.07) is 0.523. The van der Waals surface area contributed by atoms with Crippen LogP contribution in [0.15, 0.2) is 0 Å². The van der Waals surface area contributed by atoms with Gasteiger partial charge in [-0.1, -0.05) is 13.8 Å². The lowest BCUT2D eigenvalue weighted by Crippen LogP contribution is -2.36. The molecule has 2 atom stereocenters. The van der Waals surface area contributed by atoms with Gasteiger partial charge >= 0.3 is 0 Å². The molecule has 0 radical (unpaired) electrons. The summed E-state index contributed by atoms with van der Waals surface area (Å²) in [5.41, 5.74) is 5.76. The van der Waals surface area contributed by atoms with Crippen molar-refractivity contribution < 1.29 is 4.79 Å². The van der Waals surface area contributed by atoms with Gasteiger partial charge in [0.05, 0.1) is 0 Å². The zero-order valence-electron chi connectivity index (χ0n) is 12.4. The first-order valence-corrected chi connectivity index (χ1v) is 7.08. The Bertz CT molecular complexity index is 266. The fourth-order valence-electron chi connectivity index (χ4n) is 2.70. The number of hydrogen-bond acceptors (Lipinski definition) is 3. The van der Waals surface area contributed by atoms with Gasteiger partial charge in [-0.3, -0.25) is 4.79 Å². The predicted octanol–water partition coefficient (Wildman–Crippen LogP) is 1.16. The molecule has 1 rings (SSSR count). The van der Waals surface area contributed by atoms with Crippen molar-refractivity contribution in [3.63, 3.8) is 0 Å². The number of likely N-dealkylation sites (tertiary alicyclic amines) is 1. The molecule has 0 aromatic carbocycles. The average molecular weight is 255 g/mol. The van der Waals surface area contributed by atoms with Crippen LogP contribution in [0.25, 0.3) is 0 Å². The Kier molecular flexibility index (Phi) is 6.09. The van der Waals surface area contributed by atoms with Crippen molar-refractivity contribution in [2.75, 3.05) is 33.7 Å². The van der Waals surface area contributed by atoms with Crippen LogP contribution in [0.1, 0.15) is 33.1 Å². The molecule has 1 aliphatic rings. The van der Waals surface area contributed by atoms with Crippen molar-refractivity contribution in [2.24, 2.45) is 17.6 Å². The normalized spacial score (nSPS) is 21.9. The van der Waals surface area contributed by atoms with Crippen molar-refractivity contribution in [2.45, 2.75) is 39.2 Å². The maximum Gasteiger partial charge on any atom is 0.222 e. The Morgan fingerprint density at radius 2 is 2.11 bits per heavy atom. The minimum absolute atomic E-state index is 0.287. The third-order valence-electron chi connectivity index (χ3n) is 3.85. The van der Waals surface area contributed by atoms with Gasteiger partial charge in [0.1, 0.15) is 0 Å². The molecule has 4 heteroatoms. The number of nitrogens with two attached hydrogens (primary N) is 1. The first-order chi connectivity index (χ1) is 8.43. The number of carbonyl (C=O) groups excluding carboxylic acids is 1. The Morgan fingerprint density at radius 3 is 2.56 bits per heavy atom. The first kappa shape index (κ1) is 15.4. The van der Waals surface area contributed by atoms with Gasteiger partial charge in [0.25, 0.3) is 0 Å². The monoisotopic (exact) mass is 255 g/mol. The minimum Gasteiger partial charge on any atom is -0.341 e. The minimum atomic E-state index is 0.287. The highest BCUT2D eigenvalue weighted by Gasteiger charge is 2.28. The molecule has 106 valence electrons. The largest absolute Gasteiger partial charge is 0.341 e. The lowest BCUT2D eigenvalue weighted by atomic mass is 9.94. The summed E-state index contributed by atoms with van der Waals surface area (Å²) in [5, 5.41) is 0. The molecule has 2 unspecified atom stereocenters. The van der Waals surface area contributed by atoms with Crippen molar-refractivity contribution in [3.8, 4) is 0 Å². The molecule has 18 heavy (non-hydrogen) atoms. The van der Waals surface area contributed by atoms with Gasteiger partial charge in [-0.15, -0.1) is 0 Å². The molecule has 1 amide bonds. The second kappa shape index (κ2) is 7.10. The number of hydrogen-bond donors (Lipinski definition) is 1. The fourth-order valence-corrected chi connectivity index (χ4v) is 2.70. The quantitative estimate of drug-likeness (QED) is 0.775. The maximum absolute atomic E-state index is 12.2. The summed E-state index contributed by atoms with van der Waals surface area (Å²) in [5.74, 6) is 1.24. The first-order valence-electron chi connectivity index (χ1n) is 7.08. The molecule has 2 N–H and O–H groups in total. The van der Waals surface area contributed by atoms with Gasteiger partial charge in [-0.25, -0.2) is 0 Å². The van der Waals surface area contributed by atoms with Crippen LogP contribution in [0.2, 0.25) is 0 Å². The average Bonchev–Trinajstić information content (AvgIpc) is 2.76. The Labute approximate surface area is 111 Å². The van der Waals surface area contributed by atoms with E-state index in [9.17, 15) is 4.79 Å². The van der Waals surface area contributed by atoms with Gasteiger partial charge in [0.15, 0.2) is 0 Å². The van der Waals surface area contributed by atoms with Crippen molar-refractivity contribution in [1.29, 1.82) is 0 Å². The van der Waals surface area contributed by atoms with E-state index in [2.05, 4.69) is 32.8 Å². The van der Waals surface area contributed by atoms with Crippen molar-refractivity contribution in [3.05, 3.63) is 0 Å². The Morgan fingerprint density at radius 1 is 1.44 bits per heavy atom. The lowest BCUT2D eigenvalue weighted by molar-refractivity contribution is -0.131. The molecular formula is C14H29N3O. The van der Waals surface area contributed by atoms with E-state index < -0.39 is 0 Å². The zero-order valence-corrected chi connectivity index (χ0v) is 12.4. The van der Waals surface area contributed by atoms with Gasteiger partial charge in [0.2, 0.25) is 5.91 Å². The smallest absolute Gasteiger partial charge is 0.222 e. The summed E-state index contributed by atoms with van der Waals surface area (Å²) in [6.45, 7) is 6.77. The van der Waals surface area contributed by atoms with Crippen LogP contribution in [-0.2, 0) is 4.79 Å². The Balaban J connectivity index is 2.41. The molecule has 1 aliphatic heterocycles. The summed E-state index contributed by atoms with van der Waals surface area (Å²) >= 11 is 0. The third kappa shape index (κ3) is 4.58. The van der Waals surface area contributed by atoms with E-state index in [1.54, 1.807) is 0 Å². The molecule has 0 bridgehead atoms. The van der Waals surface area contributed by atoms with Gasteiger partial charge in [0, 0.05) is 25.6 Å². The van der Waals surface area contributed by atoms with E-state index in [4.69, 9.17) is 5.73 Å². The van der Waals surface area contributed by atoms with Crippen LogP contribution in [0.3, 0.4) is 0 Å². The number of rotatable bonds is 6. The van der Waals surface area contributed by atoms with Crippen LogP contribution in [0, 0.1) is 11.8 Å². The number of nitrogens with zero attached hydrogens (tertiary/aromatic N) is 2. The summed E-state index contributed by atoms with van der Waals surface area (Å²) in [6.07, 6.45) is 2.76. The topological polar surface area (TPSA) is 49.6 Å². The molecule has 0 saturated carbocycles. The SMILES string of the molecule is CC(C)CC(CN)CC(=O)N1CCC(N(C)C)C1. The van der Waals surface area contributed by atoms with E-state index in [-0.39, 0.29) is 5.91 Å². The van der Waals surface area contributed by atoms with Crippen LogP contribution in [0.5, 0.6) is 0 Å². The van der Waals surface area contributed by atoms with Crippen molar-refractivity contribution in [1.82, 2.24) is 9.80 Å². The van der Waals surface area contributed by atoms with Crippen LogP contribution in [0.4, 0.5) is 0 Å². The standard InChI is InChI=1S/C14H29N3O/c1-11(2)7-12(9-15)8-14(18)17-6-5-13(10-17)16(3)4/h11-13H,5-10,15H2,1-4H3. The summed E-state index contributed by atoms with van der Waals surface area (Å²) < 4.78 is 0. The number of likely N-dealkylation sites (N-methyl/N-ethyl adjacent to an activating group) is 1. The molecule has 1 heterocycles. The zero-order chi connectivity index (χ0) is 13.7. The highest BCUT2D eigenvalue weighted by atomic mass is 16.2. The maximum atomic E-state index is 12.2. The van der Waals surface area contributed by atoms with Gasteiger partial charge < -0.3 is 15.5 Å². The molecule has 0 aliphatic carbocycles. The molecular weight excluding hydrogens is 226 g/mol. The fraction of sp³-hybridized carbons (Fsp3) is 0.929. The van der Waals surface area contributed by atoms with Crippen LogP contribution in [-0.4, -0.2) is 55.5 Å². The third-order valence-corrected chi connectivity index (χ3v) is 3.85. The predicted molar refractivity (Wildman–Crippen MR) is 75.3 cm³/mol. The van der Waals surface area contributed by atoms with Gasteiger partial charge in [-0.05, 0) is 45.3 Å². The number of carbonyl (C=O) groups is 1. The molecule has 1 fully saturated rings. The lowest BCUT2D eigenvalue weighted by Gasteiger charge is -2.23. The van der Waals surface area contributed by atoms with Crippen LogP contribution >= 0.6 is 0 Å². The molecule has 0 spiro atoms. The number of amides is 1. The second-order valence-electron chi connectivity index (χ2n) is 6.18. The van der Waals surface area contributed by atoms with E-state index in [1.807, 2.05) is 4.90 Å². The highest BCUT2D eigenvalue weighted by Crippen LogP contribution is 2.19.